The van der Waals surface area contributed by atoms with E-state index in [2.05, 4.69) is 11.9 Å². The molecule has 5 heteroatoms. The van der Waals surface area contributed by atoms with Crippen molar-refractivity contribution in [1.82, 2.24) is 4.90 Å². The van der Waals surface area contributed by atoms with E-state index in [0.29, 0.717) is 6.61 Å². The van der Waals surface area contributed by atoms with E-state index in [1.165, 1.54) is 0 Å². The summed E-state index contributed by atoms with van der Waals surface area (Å²) in [4.78, 5) is 15.8. The van der Waals surface area contributed by atoms with Gasteiger partial charge in [0.1, 0.15) is 6.10 Å². The Morgan fingerprint density at radius 1 is 1.00 bits per heavy atom. The van der Waals surface area contributed by atoms with Gasteiger partial charge >= 0.3 is 5.97 Å². The minimum Gasteiger partial charge on any atom is -1.00 e. The van der Waals surface area contributed by atoms with Crippen LogP contribution in [0.5, 0.6) is 0 Å². The molecule has 0 spiro atoms. The standard InChI is InChI=1S/C23H29NO3.ClH/c1-3-18-26-23(19-10-6-4-7-11-19,20-12-8-5-9-13-20)22(25)27-21-14-16-24(2)17-15-21;/h4-13,21H,3,14-18H2,1-2H3;1H/p-1. The van der Waals surface area contributed by atoms with E-state index in [1.807, 2.05) is 67.6 Å². The highest BCUT2D eigenvalue weighted by atomic mass is 35.5. The topological polar surface area (TPSA) is 38.8 Å². The lowest BCUT2D eigenvalue weighted by atomic mass is 9.85. The molecule has 2 aromatic rings. The van der Waals surface area contributed by atoms with E-state index in [9.17, 15) is 4.79 Å². The Bertz CT molecular complexity index is 676. The average Bonchev–Trinajstić information content (AvgIpc) is 2.72. The quantitative estimate of drug-likeness (QED) is 0.648. The summed E-state index contributed by atoms with van der Waals surface area (Å²) in [6, 6.07) is 19.4. The lowest BCUT2D eigenvalue weighted by Crippen LogP contribution is -3.00. The van der Waals surface area contributed by atoms with Crippen LogP contribution in [0.15, 0.2) is 60.7 Å². The fraction of sp³-hybridized carbons (Fsp3) is 0.435. The van der Waals surface area contributed by atoms with Gasteiger partial charge in [-0.25, -0.2) is 4.79 Å². The van der Waals surface area contributed by atoms with Crippen molar-refractivity contribution in [3.8, 4) is 0 Å². The maximum absolute atomic E-state index is 13.6. The van der Waals surface area contributed by atoms with Crippen LogP contribution in [0, 0.1) is 0 Å². The van der Waals surface area contributed by atoms with Gasteiger partial charge < -0.3 is 26.8 Å². The molecule has 1 aliphatic rings. The number of nitrogens with zero attached hydrogens (tertiary/aromatic N) is 1. The first-order valence-electron chi connectivity index (χ1n) is 9.81. The Balaban J connectivity index is 0.00000280. The van der Waals surface area contributed by atoms with Gasteiger partial charge in [-0.1, -0.05) is 67.6 Å². The van der Waals surface area contributed by atoms with Gasteiger partial charge in [0.05, 0.1) is 0 Å². The second-order valence-corrected chi connectivity index (χ2v) is 7.17. The number of esters is 1. The highest BCUT2D eigenvalue weighted by molar-refractivity contribution is 5.86. The van der Waals surface area contributed by atoms with E-state index in [4.69, 9.17) is 9.47 Å². The Labute approximate surface area is 174 Å². The van der Waals surface area contributed by atoms with Crippen molar-refractivity contribution in [3.05, 3.63) is 71.8 Å². The summed E-state index contributed by atoms with van der Waals surface area (Å²) in [6.07, 6.45) is 2.47. The number of rotatable bonds is 7. The first kappa shape index (κ1) is 22.4. The number of hydrogen-bond acceptors (Lipinski definition) is 4. The second-order valence-electron chi connectivity index (χ2n) is 7.17. The molecule has 4 nitrogen and oxygen atoms in total. The van der Waals surface area contributed by atoms with E-state index >= 15 is 0 Å². The van der Waals surface area contributed by atoms with Crippen molar-refractivity contribution >= 4 is 5.97 Å². The van der Waals surface area contributed by atoms with E-state index in [0.717, 1.165) is 43.5 Å². The van der Waals surface area contributed by atoms with Crippen LogP contribution in [0.1, 0.15) is 37.3 Å². The van der Waals surface area contributed by atoms with Gasteiger partial charge in [0.2, 0.25) is 5.60 Å². The maximum Gasteiger partial charge on any atom is 0.348 e. The molecule has 0 bridgehead atoms. The molecule has 0 atom stereocenters. The molecule has 0 N–H and O–H groups in total. The number of likely N-dealkylation sites (tertiary alicyclic amines) is 1. The molecule has 1 aliphatic heterocycles. The van der Waals surface area contributed by atoms with Crippen molar-refractivity contribution in [2.45, 2.75) is 37.9 Å². The van der Waals surface area contributed by atoms with Gasteiger partial charge in [0.15, 0.2) is 0 Å². The number of ether oxygens (including phenoxy) is 2. The molecule has 28 heavy (non-hydrogen) atoms. The van der Waals surface area contributed by atoms with Crippen LogP contribution >= 0.6 is 0 Å². The molecular weight excluding hydrogens is 374 g/mol. The van der Waals surface area contributed by atoms with E-state index in [-0.39, 0.29) is 24.5 Å². The summed E-state index contributed by atoms with van der Waals surface area (Å²) in [7, 11) is 2.10. The van der Waals surface area contributed by atoms with Gasteiger partial charge in [-0.3, -0.25) is 0 Å². The highest BCUT2D eigenvalue weighted by Crippen LogP contribution is 2.36. The smallest absolute Gasteiger partial charge is 0.348 e. The van der Waals surface area contributed by atoms with Crippen LogP contribution in [-0.2, 0) is 19.9 Å². The Kier molecular flexibility index (Phi) is 8.49. The molecule has 152 valence electrons. The van der Waals surface area contributed by atoms with Gasteiger partial charge in [0, 0.05) is 19.7 Å². The molecule has 0 aliphatic carbocycles. The van der Waals surface area contributed by atoms with Crippen LogP contribution in [0.2, 0.25) is 0 Å². The lowest BCUT2D eigenvalue weighted by molar-refractivity contribution is -0.176. The third-order valence-electron chi connectivity index (χ3n) is 5.11. The van der Waals surface area contributed by atoms with E-state index < -0.39 is 5.60 Å². The molecule has 0 radical (unpaired) electrons. The summed E-state index contributed by atoms with van der Waals surface area (Å²) in [6.45, 7) is 4.41. The SMILES string of the molecule is CCCOC(C(=O)OC1CCN(C)CC1)(c1ccccc1)c1ccccc1.[Cl-]. The molecule has 0 saturated carbocycles. The van der Waals surface area contributed by atoms with Crippen molar-refractivity contribution in [2.75, 3.05) is 26.7 Å². The summed E-state index contributed by atoms with van der Waals surface area (Å²) in [5.41, 5.74) is 0.382. The molecule has 0 aromatic heterocycles. The number of carbonyl (C=O) groups excluding carboxylic acids is 1. The monoisotopic (exact) mass is 402 g/mol. The van der Waals surface area contributed by atoms with E-state index in [1.54, 1.807) is 0 Å². The summed E-state index contributed by atoms with van der Waals surface area (Å²) in [5.74, 6) is -0.317. The van der Waals surface area contributed by atoms with Gasteiger partial charge in [-0.2, -0.15) is 0 Å². The zero-order valence-corrected chi connectivity index (χ0v) is 17.4. The molecule has 1 saturated heterocycles. The van der Waals surface area contributed by atoms with Crippen LogP contribution in [-0.4, -0.2) is 43.7 Å². The zero-order valence-electron chi connectivity index (χ0n) is 16.6. The molecule has 1 fully saturated rings. The largest absolute Gasteiger partial charge is 1.00 e. The van der Waals surface area contributed by atoms with Gasteiger partial charge in [-0.15, -0.1) is 0 Å². The van der Waals surface area contributed by atoms with Crippen LogP contribution < -0.4 is 12.4 Å². The van der Waals surface area contributed by atoms with Crippen molar-refractivity contribution in [1.29, 1.82) is 0 Å². The van der Waals surface area contributed by atoms with Gasteiger partial charge in [0.25, 0.3) is 0 Å². The normalized spacial score (nSPS) is 15.6. The number of carbonyl (C=O) groups is 1. The second kappa shape index (κ2) is 10.6. The predicted octanol–water partition coefficient (Wildman–Crippen LogP) is 0.998. The first-order valence-corrected chi connectivity index (χ1v) is 9.81. The van der Waals surface area contributed by atoms with Crippen LogP contribution in [0.25, 0.3) is 0 Å². The Morgan fingerprint density at radius 3 is 1.96 bits per heavy atom. The number of benzene rings is 2. The van der Waals surface area contributed by atoms with Crippen molar-refractivity contribution < 1.29 is 26.7 Å². The molecule has 3 rings (SSSR count). The summed E-state index contributed by atoms with van der Waals surface area (Å²) in [5, 5.41) is 0. The number of hydrogen-bond donors (Lipinski definition) is 0. The predicted molar refractivity (Wildman–Crippen MR) is 107 cm³/mol. The molecule has 1 heterocycles. The maximum atomic E-state index is 13.6. The number of halogens is 1. The average molecular weight is 403 g/mol. The lowest BCUT2D eigenvalue weighted by Gasteiger charge is -2.36. The zero-order chi connectivity index (χ0) is 19.1. The fourth-order valence-electron chi connectivity index (χ4n) is 3.57. The minimum absolute atomic E-state index is 0. The number of piperidine rings is 1. The Morgan fingerprint density at radius 2 is 1.50 bits per heavy atom. The highest BCUT2D eigenvalue weighted by Gasteiger charge is 2.46. The third-order valence-corrected chi connectivity index (χ3v) is 5.11. The fourth-order valence-corrected chi connectivity index (χ4v) is 3.57. The Hall–Kier alpha value is -1.88. The minimum atomic E-state index is -1.23. The first-order chi connectivity index (χ1) is 13.2. The van der Waals surface area contributed by atoms with Crippen LogP contribution in [0.4, 0.5) is 0 Å². The summed E-state index contributed by atoms with van der Waals surface area (Å²) < 4.78 is 12.3. The molecular formula is C23H29ClNO3-. The van der Waals surface area contributed by atoms with Crippen molar-refractivity contribution in [2.24, 2.45) is 0 Å². The summed E-state index contributed by atoms with van der Waals surface area (Å²) >= 11 is 0. The molecule has 0 amide bonds. The van der Waals surface area contributed by atoms with Crippen LogP contribution in [0.3, 0.4) is 0 Å². The molecule has 2 aromatic carbocycles. The van der Waals surface area contributed by atoms with Crippen molar-refractivity contribution in [3.63, 3.8) is 0 Å². The molecule has 0 unspecified atom stereocenters. The third kappa shape index (κ3) is 4.93. The van der Waals surface area contributed by atoms with Gasteiger partial charge in [-0.05, 0) is 37.4 Å².